The summed E-state index contributed by atoms with van der Waals surface area (Å²) in [6.07, 6.45) is 19.6. The second-order valence-electron chi connectivity index (χ2n) is 9.63. The number of carbonyl (C=O) groups is 1. The molecule has 150 valence electrons. The molecule has 0 saturated heterocycles. The Morgan fingerprint density at radius 2 is 1.50 bits per heavy atom. The highest BCUT2D eigenvalue weighted by Crippen LogP contribution is 2.53. The fraction of sp³-hybridized carbons (Fsp3) is 0.958. The number of ether oxygens (including phenoxy) is 1. The summed E-state index contributed by atoms with van der Waals surface area (Å²) in [5, 5.41) is 0. The van der Waals surface area contributed by atoms with E-state index < -0.39 is 0 Å². The lowest BCUT2D eigenvalue weighted by Crippen LogP contribution is -2.43. The Morgan fingerprint density at radius 1 is 0.808 bits per heavy atom. The third-order valence-corrected chi connectivity index (χ3v) is 7.85. The number of hydrogen-bond acceptors (Lipinski definition) is 2. The number of carbonyl (C=O) groups excluding carboxylic acids is 1. The number of hydrogen-bond donors (Lipinski definition) is 0. The fourth-order valence-electron chi connectivity index (χ4n) is 6.47. The van der Waals surface area contributed by atoms with Crippen LogP contribution in [0.4, 0.5) is 0 Å². The predicted molar refractivity (Wildman–Crippen MR) is 108 cm³/mol. The maximum absolute atomic E-state index is 12.0. The van der Waals surface area contributed by atoms with Crippen LogP contribution in [-0.2, 0) is 9.53 Å². The van der Waals surface area contributed by atoms with Crippen molar-refractivity contribution in [1.82, 2.24) is 0 Å². The summed E-state index contributed by atoms with van der Waals surface area (Å²) in [7, 11) is 0. The molecule has 2 heteroatoms. The number of unbranched alkanes of at least 4 members (excludes halogenated alkanes) is 3. The summed E-state index contributed by atoms with van der Waals surface area (Å²) in [6.45, 7) is 4.45. The minimum Gasteiger partial charge on any atom is -0.462 e. The first-order valence-corrected chi connectivity index (χ1v) is 11.9. The molecule has 0 aromatic carbocycles. The molecular formula is C24H42O2. The van der Waals surface area contributed by atoms with Gasteiger partial charge in [-0.1, -0.05) is 52.4 Å². The maximum atomic E-state index is 12.0. The largest absolute Gasteiger partial charge is 0.462 e. The fourth-order valence-corrected chi connectivity index (χ4v) is 6.47. The third-order valence-electron chi connectivity index (χ3n) is 7.85. The predicted octanol–water partition coefficient (Wildman–Crippen LogP) is 6.91. The van der Waals surface area contributed by atoms with Crippen molar-refractivity contribution >= 4 is 5.97 Å². The van der Waals surface area contributed by atoms with Gasteiger partial charge in [-0.2, -0.15) is 0 Å². The van der Waals surface area contributed by atoms with Gasteiger partial charge < -0.3 is 4.74 Å². The molecule has 0 amide bonds. The normalized spacial score (nSPS) is 36.8. The molecule has 3 saturated carbocycles. The van der Waals surface area contributed by atoms with Gasteiger partial charge in [0.2, 0.25) is 0 Å². The molecule has 6 atom stereocenters. The van der Waals surface area contributed by atoms with E-state index in [0.717, 1.165) is 55.3 Å². The minimum absolute atomic E-state index is 0.0524. The van der Waals surface area contributed by atoms with E-state index >= 15 is 0 Å². The number of esters is 1. The molecule has 0 radical (unpaired) electrons. The molecule has 0 aromatic heterocycles. The summed E-state index contributed by atoms with van der Waals surface area (Å²) in [6, 6.07) is 0. The van der Waals surface area contributed by atoms with E-state index in [0.29, 0.717) is 6.42 Å². The number of fused-ring (bicyclic) bond motifs is 3. The molecule has 0 aliphatic heterocycles. The zero-order chi connectivity index (χ0) is 18.4. The van der Waals surface area contributed by atoms with Gasteiger partial charge in [0.25, 0.3) is 0 Å². The van der Waals surface area contributed by atoms with Crippen LogP contribution in [0, 0.1) is 29.6 Å². The minimum atomic E-state index is 0.0524. The van der Waals surface area contributed by atoms with Crippen molar-refractivity contribution in [2.75, 3.05) is 0 Å². The molecule has 26 heavy (non-hydrogen) atoms. The molecule has 0 spiro atoms. The van der Waals surface area contributed by atoms with Crippen LogP contribution >= 0.6 is 0 Å². The molecule has 4 unspecified atom stereocenters. The van der Waals surface area contributed by atoms with Gasteiger partial charge in [-0.15, -0.1) is 0 Å². The first-order valence-electron chi connectivity index (χ1n) is 11.9. The van der Waals surface area contributed by atoms with E-state index in [9.17, 15) is 4.79 Å². The molecule has 3 fully saturated rings. The second-order valence-corrected chi connectivity index (χ2v) is 9.63. The van der Waals surface area contributed by atoms with Crippen LogP contribution in [0.25, 0.3) is 0 Å². The second kappa shape index (κ2) is 10.1. The Hall–Kier alpha value is -0.530. The van der Waals surface area contributed by atoms with Gasteiger partial charge in [-0.05, 0) is 81.0 Å². The highest BCUT2D eigenvalue weighted by Gasteiger charge is 2.44. The first kappa shape index (κ1) is 20.2. The van der Waals surface area contributed by atoms with Gasteiger partial charge in [0.15, 0.2) is 0 Å². The monoisotopic (exact) mass is 362 g/mol. The topological polar surface area (TPSA) is 26.3 Å². The average Bonchev–Trinajstić information content (AvgIpc) is 2.66. The Morgan fingerprint density at radius 3 is 2.23 bits per heavy atom. The lowest BCUT2D eigenvalue weighted by atomic mass is 9.56. The van der Waals surface area contributed by atoms with Gasteiger partial charge >= 0.3 is 5.97 Å². The quantitative estimate of drug-likeness (QED) is 0.346. The van der Waals surface area contributed by atoms with Crippen LogP contribution in [0.3, 0.4) is 0 Å². The first-order chi connectivity index (χ1) is 12.7. The smallest absolute Gasteiger partial charge is 0.306 e. The van der Waals surface area contributed by atoms with Crippen molar-refractivity contribution in [2.24, 2.45) is 29.6 Å². The van der Waals surface area contributed by atoms with E-state index in [1.165, 1.54) is 64.2 Å². The van der Waals surface area contributed by atoms with E-state index in [4.69, 9.17) is 4.74 Å². The summed E-state index contributed by atoms with van der Waals surface area (Å²) in [4.78, 5) is 12.0. The lowest BCUT2D eigenvalue weighted by Gasteiger charge is -2.50. The van der Waals surface area contributed by atoms with Crippen LogP contribution in [0.5, 0.6) is 0 Å². The van der Waals surface area contributed by atoms with Gasteiger partial charge in [0, 0.05) is 6.42 Å². The Balaban J connectivity index is 1.45. The van der Waals surface area contributed by atoms with Gasteiger partial charge in [-0.3, -0.25) is 4.79 Å². The molecule has 3 aliphatic carbocycles. The van der Waals surface area contributed by atoms with Crippen molar-refractivity contribution in [3.05, 3.63) is 0 Å². The molecule has 0 aromatic rings. The molecular weight excluding hydrogens is 320 g/mol. The van der Waals surface area contributed by atoms with E-state index in [-0.39, 0.29) is 12.1 Å². The van der Waals surface area contributed by atoms with Gasteiger partial charge in [-0.25, -0.2) is 0 Å². The maximum Gasteiger partial charge on any atom is 0.306 e. The Labute approximate surface area is 161 Å². The van der Waals surface area contributed by atoms with Crippen molar-refractivity contribution in [3.63, 3.8) is 0 Å². The molecule has 0 heterocycles. The summed E-state index contributed by atoms with van der Waals surface area (Å²) >= 11 is 0. The standard InChI is InChI=1S/C24H42O2/c1-3-5-7-8-18-10-14-22-19(16-18)11-12-20-17-21(13-15-23(20)22)26-24(25)9-6-4-2/h18-23H,3-17H2,1-2H3/t18-,19?,20?,21-,22?,23?/m1/s1. The molecule has 0 bridgehead atoms. The Bertz CT molecular complexity index is 432. The lowest BCUT2D eigenvalue weighted by molar-refractivity contribution is -0.153. The molecule has 3 rings (SSSR count). The number of rotatable bonds is 8. The van der Waals surface area contributed by atoms with Crippen molar-refractivity contribution < 1.29 is 9.53 Å². The van der Waals surface area contributed by atoms with E-state index in [1.54, 1.807) is 0 Å². The highest BCUT2D eigenvalue weighted by molar-refractivity contribution is 5.69. The van der Waals surface area contributed by atoms with Gasteiger partial charge in [0.1, 0.15) is 6.10 Å². The average molecular weight is 363 g/mol. The SMILES string of the molecule is CCCCC[C@@H]1CCC2C(CCC3C[C@H](OC(=O)CCCC)CCC32)C1. The van der Waals surface area contributed by atoms with Crippen molar-refractivity contribution in [3.8, 4) is 0 Å². The van der Waals surface area contributed by atoms with Crippen molar-refractivity contribution in [2.45, 2.75) is 116 Å². The summed E-state index contributed by atoms with van der Waals surface area (Å²) < 4.78 is 5.81. The van der Waals surface area contributed by atoms with E-state index in [2.05, 4.69) is 13.8 Å². The van der Waals surface area contributed by atoms with Crippen LogP contribution < -0.4 is 0 Å². The van der Waals surface area contributed by atoms with Crippen LogP contribution in [0.1, 0.15) is 110 Å². The molecule has 2 nitrogen and oxygen atoms in total. The van der Waals surface area contributed by atoms with Crippen LogP contribution in [-0.4, -0.2) is 12.1 Å². The molecule has 0 N–H and O–H groups in total. The Kier molecular flexibility index (Phi) is 7.88. The van der Waals surface area contributed by atoms with Gasteiger partial charge in [0.05, 0.1) is 0 Å². The summed E-state index contributed by atoms with van der Waals surface area (Å²) in [5.41, 5.74) is 0. The van der Waals surface area contributed by atoms with Crippen molar-refractivity contribution in [1.29, 1.82) is 0 Å². The summed E-state index contributed by atoms with van der Waals surface area (Å²) in [5.74, 6) is 4.86. The highest BCUT2D eigenvalue weighted by atomic mass is 16.5. The van der Waals surface area contributed by atoms with E-state index in [1.807, 2.05) is 0 Å². The van der Waals surface area contributed by atoms with Crippen LogP contribution in [0.15, 0.2) is 0 Å². The zero-order valence-corrected chi connectivity index (χ0v) is 17.4. The molecule has 3 aliphatic rings. The third kappa shape index (κ3) is 5.26. The van der Waals surface area contributed by atoms with Crippen LogP contribution in [0.2, 0.25) is 0 Å². The zero-order valence-electron chi connectivity index (χ0n) is 17.4.